The fourth-order valence-electron chi connectivity index (χ4n) is 0.509. The van der Waals surface area contributed by atoms with Crippen LogP contribution < -0.4 is 5.73 Å². The summed E-state index contributed by atoms with van der Waals surface area (Å²) in [7, 11) is 0. The van der Waals surface area contributed by atoms with Crippen molar-refractivity contribution in [1.82, 2.24) is 0 Å². The van der Waals surface area contributed by atoms with Crippen molar-refractivity contribution in [2.24, 2.45) is 5.73 Å². The number of alkyl halides is 5. The molecular formula is C5H8F5N. The third-order valence-electron chi connectivity index (χ3n) is 1.08. The summed E-state index contributed by atoms with van der Waals surface area (Å²) >= 11 is 0. The molecule has 0 rings (SSSR count). The first-order valence-electron chi connectivity index (χ1n) is 2.79. The minimum atomic E-state index is -4.64. The van der Waals surface area contributed by atoms with Gasteiger partial charge in [0.1, 0.15) is 0 Å². The van der Waals surface area contributed by atoms with Gasteiger partial charge in [0.25, 0.3) is 6.43 Å². The molecule has 1 unspecified atom stereocenters. The van der Waals surface area contributed by atoms with Gasteiger partial charge in [0, 0.05) is 0 Å². The van der Waals surface area contributed by atoms with Crippen LogP contribution in [0.4, 0.5) is 22.0 Å². The maximum atomic E-state index is 11.7. The first kappa shape index (κ1) is 10.6. The second-order valence-electron chi connectivity index (χ2n) is 2.60. The second-order valence-corrected chi connectivity index (χ2v) is 2.60. The zero-order chi connectivity index (χ0) is 9.28. The third kappa shape index (κ3) is 4.13. The van der Waals surface area contributed by atoms with Crippen molar-refractivity contribution in [2.75, 3.05) is 0 Å². The lowest BCUT2D eigenvalue weighted by atomic mass is 10.0. The highest BCUT2D eigenvalue weighted by atomic mass is 19.4. The van der Waals surface area contributed by atoms with Gasteiger partial charge in [-0.15, -0.1) is 0 Å². The molecule has 2 N–H and O–H groups in total. The van der Waals surface area contributed by atoms with Gasteiger partial charge in [-0.1, -0.05) is 0 Å². The second kappa shape index (κ2) is 2.92. The molecule has 0 bridgehead atoms. The molecule has 0 radical (unpaired) electrons. The summed E-state index contributed by atoms with van der Waals surface area (Å²) in [6.45, 7) is 0.672. The number of hydrogen-bond acceptors (Lipinski definition) is 1. The quantitative estimate of drug-likeness (QED) is 0.640. The van der Waals surface area contributed by atoms with Crippen molar-refractivity contribution < 1.29 is 22.0 Å². The topological polar surface area (TPSA) is 26.0 Å². The lowest BCUT2D eigenvalue weighted by Gasteiger charge is -2.24. The molecule has 0 heterocycles. The molecule has 0 aromatic carbocycles. The van der Waals surface area contributed by atoms with Crippen LogP contribution in [0.1, 0.15) is 13.3 Å². The number of halogens is 5. The zero-order valence-electron chi connectivity index (χ0n) is 5.75. The molecule has 0 amide bonds. The summed E-state index contributed by atoms with van der Waals surface area (Å²) in [4.78, 5) is 0. The van der Waals surface area contributed by atoms with Gasteiger partial charge in [0.2, 0.25) is 0 Å². The Kier molecular flexibility index (Phi) is 2.82. The van der Waals surface area contributed by atoms with Crippen LogP contribution in [0.2, 0.25) is 0 Å². The van der Waals surface area contributed by atoms with E-state index in [1.165, 1.54) is 0 Å². The van der Waals surface area contributed by atoms with Gasteiger partial charge >= 0.3 is 6.18 Å². The van der Waals surface area contributed by atoms with E-state index >= 15 is 0 Å². The summed E-state index contributed by atoms with van der Waals surface area (Å²) in [5.74, 6) is 0. The highest BCUT2D eigenvalue weighted by Gasteiger charge is 2.42. The fourth-order valence-corrected chi connectivity index (χ4v) is 0.509. The van der Waals surface area contributed by atoms with Gasteiger partial charge in [0.15, 0.2) is 0 Å². The van der Waals surface area contributed by atoms with E-state index in [1.54, 1.807) is 0 Å². The Balaban J connectivity index is 4.13. The van der Waals surface area contributed by atoms with Crippen molar-refractivity contribution in [3.05, 3.63) is 0 Å². The van der Waals surface area contributed by atoms with E-state index in [9.17, 15) is 22.0 Å². The maximum Gasteiger partial charge on any atom is 0.391 e. The molecule has 0 aliphatic carbocycles. The van der Waals surface area contributed by atoms with E-state index in [0.29, 0.717) is 6.92 Å². The van der Waals surface area contributed by atoms with Crippen LogP contribution in [-0.4, -0.2) is 18.1 Å². The van der Waals surface area contributed by atoms with Gasteiger partial charge < -0.3 is 5.73 Å². The van der Waals surface area contributed by atoms with Crippen molar-refractivity contribution in [1.29, 1.82) is 0 Å². The van der Waals surface area contributed by atoms with E-state index in [1.807, 2.05) is 0 Å². The average Bonchev–Trinajstić information content (AvgIpc) is 1.56. The SMILES string of the molecule is CC(N)(CC(F)(F)F)C(F)F. The van der Waals surface area contributed by atoms with Crippen molar-refractivity contribution >= 4 is 0 Å². The number of hydrogen-bond donors (Lipinski definition) is 1. The van der Waals surface area contributed by atoms with Crippen LogP contribution in [0.3, 0.4) is 0 Å². The van der Waals surface area contributed by atoms with Gasteiger partial charge in [0.05, 0.1) is 12.0 Å². The Hall–Kier alpha value is -0.390. The van der Waals surface area contributed by atoms with Gasteiger partial charge in [-0.05, 0) is 6.92 Å². The Morgan fingerprint density at radius 1 is 1.27 bits per heavy atom. The van der Waals surface area contributed by atoms with Crippen LogP contribution in [0.25, 0.3) is 0 Å². The van der Waals surface area contributed by atoms with E-state index < -0.39 is 24.6 Å². The molecule has 0 aliphatic rings. The largest absolute Gasteiger partial charge is 0.391 e. The predicted molar refractivity (Wildman–Crippen MR) is 29.3 cm³/mol. The zero-order valence-corrected chi connectivity index (χ0v) is 5.75. The normalized spacial score (nSPS) is 18.5. The van der Waals surface area contributed by atoms with Crippen molar-refractivity contribution in [2.45, 2.75) is 31.5 Å². The standard InChI is InChI=1S/C5H8F5N/c1-4(11,3(6)7)2-5(8,9)10/h3H,2,11H2,1H3. The summed E-state index contributed by atoms with van der Waals surface area (Å²) in [5.41, 5.74) is 2.20. The molecule has 0 aromatic rings. The number of nitrogens with two attached hydrogens (primary N) is 1. The lowest BCUT2D eigenvalue weighted by molar-refractivity contribution is -0.157. The molecule has 1 nitrogen and oxygen atoms in total. The summed E-state index contributed by atoms with van der Waals surface area (Å²) < 4.78 is 57.9. The predicted octanol–water partition coefficient (Wildman–Crippen LogP) is 1.92. The molecule has 11 heavy (non-hydrogen) atoms. The molecule has 0 saturated heterocycles. The Labute approximate surface area is 60.4 Å². The molecule has 1 atom stereocenters. The highest BCUT2D eigenvalue weighted by Crippen LogP contribution is 2.29. The smallest absolute Gasteiger partial charge is 0.320 e. The summed E-state index contributed by atoms with van der Waals surface area (Å²) in [6.07, 6.45) is -9.47. The summed E-state index contributed by atoms with van der Waals surface area (Å²) in [5, 5.41) is 0. The Morgan fingerprint density at radius 2 is 1.64 bits per heavy atom. The minimum absolute atomic E-state index is 0.672. The molecule has 0 saturated carbocycles. The highest BCUT2D eigenvalue weighted by molar-refractivity contribution is 4.84. The Morgan fingerprint density at radius 3 is 1.73 bits per heavy atom. The van der Waals surface area contributed by atoms with Crippen molar-refractivity contribution in [3.63, 3.8) is 0 Å². The third-order valence-corrected chi connectivity index (χ3v) is 1.08. The van der Waals surface area contributed by atoms with Crippen LogP contribution in [0, 0.1) is 0 Å². The van der Waals surface area contributed by atoms with Crippen molar-refractivity contribution in [3.8, 4) is 0 Å². The van der Waals surface area contributed by atoms with Crippen LogP contribution in [0.15, 0.2) is 0 Å². The average molecular weight is 177 g/mol. The monoisotopic (exact) mass is 177 g/mol. The molecule has 0 fully saturated rings. The molecule has 68 valence electrons. The van der Waals surface area contributed by atoms with Gasteiger partial charge in [-0.25, -0.2) is 8.78 Å². The number of rotatable bonds is 2. The van der Waals surface area contributed by atoms with Crippen LogP contribution >= 0.6 is 0 Å². The van der Waals surface area contributed by atoms with E-state index in [2.05, 4.69) is 5.73 Å². The molecule has 0 aromatic heterocycles. The Bertz CT molecular complexity index is 127. The first-order valence-corrected chi connectivity index (χ1v) is 2.79. The van der Waals surface area contributed by atoms with E-state index in [-0.39, 0.29) is 0 Å². The van der Waals surface area contributed by atoms with Gasteiger partial charge in [-0.2, -0.15) is 13.2 Å². The first-order chi connectivity index (χ1) is 4.65. The van der Waals surface area contributed by atoms with E-state index in [4.69, 9.17) is 0 Å². The molecule has 6 heteroatoms. The van der Waals surface area contributed by atoms with Crippen LogP contribution in [-0.2, 0) is 0 Å². The van der Waals surface area contributed by atoms with E-state index in [0.717, 1.165) is 0 Å². The summed E-state index contributed by atoms with van der Waals surface area (Å²) in [6, 6.07) is 0. The maximum absolute atomic E-state index is 11.7. The fraction of sp³-hybridized carbons (Fsp3) is 1.00. The molecule has 0 aliphatic heterocycles. The minimum Gasteiger partial charge on any atom is -0.320 e. The van der Waals surface area contributed by atoms with Gasteiger partial charge in [-0.3, -0.25) is 0 Å². The molecule has 0 spiro atoms. The van der Waals surface area contributed by atoms with Crippen LogP contribution in [0.5, 0.6) is 0 Å². The lowest BCUT2D eigenvalue weighted by Crippen LogP contribution is -2.47. The molecular weight excluding hydrogens is 169 g/mol.